The molecule has 2 aliphatic heterocycles. The molecule has 1 saturated carbocycles. The van der Waals surface area contributed by atoms with Gasteiger partial charge in [-0.2, -0.15) is 13.2 Å². The smallest absolute Gasteiger partial charge is 0.378 e. The van der Waals surface area contributed by atoms with E-state index in [1.165, 1.54) is 6.92 Å². The number of fused-ring (bicyclic) bond motifs is 1. The minimum atomic E-state index is -4.34. The molecule has 5 nitrogen and oxygen atoms in total. The lowest BCUT2D eigenvalue weighted by Gasteiger charge is -2.40. The van der Waals surface area contributed by atoms with Crippen LogP contribution in [0.4, 0.5) is 13.2 Å². The molecule has 3 atom stereocenters. The molecule has 1 aliphatic carbocycles. The molecule has 0 radical (unpaired) electrons. The molecule has 2 saturated heterocycles. The van der Waals surface area contributed by atoms with Crippen molar-refractivity contribution < 1.29 is 27.5 Å². The lowest BCUT2D eigenvalue weighted by Crippen LogP contribution is -2.46. The van der Waals surface area contributed by atoms with Crippen molar-refractivity contribution in [1.29, 1.82) is 0 Å². The Balaban J connectivity index is 1.58. The van der Waals surface area contributed by atoms with Gasteiger partial charge in [-0.1, -0.05) is 6.92 Å². The third-order valence-electron chi connectivity index (χ3n) is 6.31. The lowest BCUT2D eigenvalue weighted by atomic mass is 9.77. The summed E-state index contributed by atoms with van der Waals surface area (Å²) in [5, 5.41) is 0. The average Bonchev–Trinajstić information content (AvgIpc) is 3.08. The van der Waals surface area contributed by atoms with Crippen molar-refractivity contribution in [3.8, 4) is 0 Å². The molecule has 3 fully saturated rings. The fourth-order valence-electron chi connectivity index (χ4n) is 4.57. The molecule has 3 aliphatic rings. The van der Waals surface area contributed by atoms with Crippen molar-refractivity contribution in [2.45, 2.75) is 63.3 Å². The largest absolute Gasteiger partial charge is 0.389 e. The molecule has 0 spiro atoms. The van der Waals surface area contributed by atoms with Gasteiger partial charge in [0.25, 0.3) is 0 Å². The second-order valence-corrected chi connectivity index (χ2v) is 8.08. The third-order valence-corrected chi connectivity index (χ3v) is 6.31. The number of carbonyl (C=O) groups is 2. The van der Waals surface area contributed by atoms with Gasteiger partial charge >= 0.3 is 6.18 Å². The molecular formula is C18H27F3N2O3. The first-order valence-corrected chi connectivity index (χ1v) is 9.34. The van der Waals surface area contributed by atoms with E-state index in [-0.39, 0.29) is 23.5 Å². The molecule has 0 aromatic carbocycles. The van der Waals surface area contributed by atoms with E-state index < -0.39 is 24.4 Å². The lowest BCUT2D eigenvalue weighted by molar-refractivity contribution is -0.158. The Morgan fingerprint density at radius 1 is 1.27 bits per heavy atom. The molecule has 0 aromatic heterocycles. The van der Waals surface area contributed by atoms with Crippen LogP contribution in [0.25, 0.3) is 0 Å². The second kappa shape index (κ2) is 7.02. The number of rotatable bonds is 5. The zero-order valence-corrected chi connectivity index (χ0v) is 15.3. The summed E-state index contributed by atoms with van der Waals surface area (Å²) in [5.74, 6) is -1.33. The monoisotopic (exact) mass is 376 g/mol. The van der Waals surface area contributed by atoms with E-state index in [2.05, 4.69) is 0 Å². The summed E-state index contributed by atoms with van der Waals surface area (Å²) in [7, 11) is 1.63. The SMILES string of the molecule is COC1(CC(=O)N2C[C@@H]3CCN(C(=O)[C@H](C)CC(F)(F)F)[C@@H]3C2)CCC1. The van der Waals surface area contributed by atoms with Crippen molar-refractivity contribution in [3.05, 3.63) is 0 Å². The van der Waals surface area contributed by atoms with E-state index >= 15 is 0 Å². The van der Waals surface area contributed by atoms with Gasteiger partial charge in [-0.15, -0.1) is 0 Å². The molecule has 0 N–H and O–H groups in total. The fourth-order valence-corrected chi connectivity index (χ4v) is 4.57. The summed E-state index contributed by atoms with van der Waals surface area (Å²) >= 11 is 0. The van der Waals surface area contributed by atoms with Crippen LogP contribution in [-0.2, 0) is 14.3 Å². The fraction of sp³-hybridized carbons (Fsp3) is 0.889. The highest BCUT2D eigenvalue weighted by Gasteiger charge is 2.48. The highest BCUT2D eigenvalue weighted by molar-refractivity contribution is 5.80. The van der Waals surface area contributed by atoms with Gasteiger partial charge in [0.05, 0.1) is 24.5 Å². The standard InChI is InChI=1S/C18H27F3N2O3/c1-12(8-18(19,20)21)16(25)23-7-4-13-10-22(11-14(13)23)15(24)9-17(26-2)5-3-6-17/h12-14H,3-11H2,1-2H3/t12-,13+,14-/m1/s1. The molecule has 0 aromatic rings. The van der Waals surface area contributed by atoms with Crippen LogP contribution < -0.4 is 0 Å². The molecule has 0 bridgehead atoms. The Morgan fingerprint density at radius 2 is 1.96 bits per heavy atom. The number of halogens is 3. The molecular weight excluding hydrogens is 349 g/mol. The first-order chi connectivity index (χ1) is 12.1. The third kappa shape index (κ3) is 3.85. The first-order valence-electron chi connectivity index (χ1n) is 9.34. The van der Waals surface area contributed by atoms with Gasteiger partial charge in [-0.05, 0) is 25.7 Å². The molecule has 2 amide bonds. The van der Waals surface area contributed by atoms with Crippen LogP contribution in [0.1, 0.15) is 45.4 Å². The molecule has 3 rings (SSSR count). The summed E-state index contributed by atoms with van der Waals surface area (Å²) < 4.78 is 43.3. The number of hydrogen-bond acceptors (Lipinski definition) is 3. The van der Waals surface area contributed by atoms with E-state index in [0.717, 1.165) is 25.7 Å². The van der Waals surface area contributed by atoms with E-state index in [9.17, 15) is 22.8 Å². The van der Waals surface area contributed by atoms with E-state index in [1.54, 1.807) is 16.9 Å². The van der Waals surface area contributed by atoms with Crippen molar-refractivity contribution in [2.24, 2.45) is 11.8 Å². The maximum Gasteiger partial charge on any atom is 0.389 e. The van der Waals surface area contributed by atoms with Gasteiger partial charge in [0.2, 0.25) is 11.8 Å². The number of amides is 2. The summed E-state index contributed by atoms with van der Waals surface area (Å²) in [4.78, 5) is 28.5. The highest BCUT2D eigenvalue weighted by atomic mass is 19.4. The van der Waals surface area contributed by atoms with Gasteiger partial charge in [-0.25, -0.2) is 0 Å². The number of likely N-dealkylation sites (tertiary alicyclic amines) is 2. The second-order valence-electron chi connectivity index (χ2n) is 8.08. The number of methoxy groups -OCH3 is 1. The van der Waals surface area contributed by atoms with Crippen LogP contribution in [0, 0.1) is 11.8 Å². The van der Waals surface area contributed by atoms with Gasteiger partial charge in [-0.3, -0.25) is 9.59 Å². The number of alkyl halides is 3. The Morgan fingerprint density at radius 3 is 2.50 bits per heavy atom. The Kier molecular flexibility index (Phi) is 5.25. The van der Waals surface area contributed by atoms with E-state index in [1.807, 2.05) is 0 Å². The Bertz CT molecular complexity index is 557. The predicted octanol–water partition coefficient (Wildman–Crippen LogP) is 2.59. The van der Waals surface area contributed by atoms with Crippen molar-refractivity contribution in [2.75, 3.05) is 26.7 Å². The Hall–Kier alpha value is -1.31. The van der Waals surface area contributed by atoms with Crippen LogP contribution in [0.2, 0.25) is 0 Å². The summed E-state index contributed by atoms with van der Waals surface area (Å²) in [6, 6.07) is -0.151. The number of ether oxygens (including phenoxy) is 1. The van der Waals surface area contributed by atoms with Crippen molar-refractivity contribution >= 4 is 11.8 Å². The number of nitrogens with zero attached hydrogens (tertiary/aromatic N) is 2. The van der Waals surface area contributed by atoms with Gasteiger partial charge < -0.3 is 14.5 Å². The van der Waals surface area contributed by atoms with E-state index in [4.69, 9.17) is 4.74 Å². The van der Waals surface area contributed by atoms with Crippen LogP contribution in [-0.4, -0.2) is 66.2 Å². The van der Waals surface area contributed by atoms with Crippen LogP contribution in [0.5, 0.6) is 0 Å². The molecule has 148 valence electrons. The predicted molar refractivity (Wildman–Crippen MR) is 88.2 cm³/mol. The van der Waals surface area contributed by atoms with E-state index in [0.29, 0.717) is 26.1 Å². The molecule has 2 heterocycles. The molecule has 0 unspecified atom stereocenters. The van der Waals surface area contributed by atoms with Crippen molar-refractivity contribution in [1.82, 2.24) is 9.80 Å². The van der Waals surface area contributed by atoms with Crippen LogP contribution in [0.15, 0.2) is 0 Å². The quantitative estimate of drug-likeness (QED) is 0.741. The first kappa shape index (κ1) is 19.5. The maximum atomic E-state index is 12.6. The number of hydrogen-bond donors (Lipinski definition) is 0. The van der Waals surface area contributed by atoms with Crippen LogP contribution in [0.3, 0.4) is 0 Å². The summed E-state index contributed by atoms with van der Waals surface area (Å²) in [6.07, 6.45) is -1.52. The van der Waals surface area contributed by atoms with Gasteiger partial charge in [0.1, 0.15) is 0 Å². The normalized spacial score (nSPS) is 28.7. The zero-order chi connectivity index (χ0) is 19.1. The zero-order valence-electron chi connectivity index (χ0n) is 15.3. The molecule has 8 heteroatoms. The minimum Gasteiger partial charge on any atom is -0.378 e. The average molecular weight is 376 g/mol. The number of carbonyl (C=O) groups excluding carboxylic acids is 2. The minimum absolute atomic E-state index is 0.0247. The maximum absolute atomic E-state index is 12.6. The molecule has 26 heavy (non-hydrogen) atoms. The van der Waals surface area contributed by atoms with Gasteiger partial charge in [0, 0.05) is 38.6 Å². The van der Waals surface area contributed by atoms with Gasteiger partial charge in [0.15, 0.2) is 0 Å². The topological polar surface area (TPSA) is 49.9 Å². The summed E-state index contributed by atoms with van der Waals surface area (Å²) in [6.45, 7) is 2.83. The summed E-state index contributed by atoms with van der Waals surface area (Å²) in [5.41, 5.74) is -0.342. The van der Waals surface area contributed by atoms with Crippen LogP contribution >= 0.6 is 0 Å². The highest BCUT2D eigenvalue weighted by Crippen LogP contribution is 2.40. The van der Waals surface area contributed by atoms with Crippen molar-refractivity contribution in [3.63, 3.8) is 0 Å². The Labute approximate surface area is 151 Å².